The molecule has 0 heterocycles. The second-order valence-electron chi connectivity index (χ2n) is 2.45. The number of hydrogen-bond donors (Lipinski definition) is 0. The maximum atomic E-state index is 3.06. The van der Waals surface area contributed by atoms with Gasteiger partial charge in [0.05, 0.1) is 0 Å². The lowest BCUT2D eigenvalue weighted by atomic mass is 10.2. The van der Waals surface area contributed by atoms with E-state index in [1.165, 1.54) is 0 Å². The van der Waals surface area contributed by atoms with Crippen molar-refractivity contribution in [3.63, 3.8) is 0 Å². The van der Waals surface area contributed by atoms with Crippen LogP contribution < -0.4 is 0 Å². The topological polar surface area (TPSA) is 0 Å². The summed E-state index contributed by atoms with van der Waals surface area (Å²) in [7, 11) is 0. The Hall–Kier alpha value is -1.04. The first kappa shape index (κ1) is 8.06. The highest BCUT2D eigenvalue weighted by Gasteiger charge is 1.76. The minimum absolute atomic E-state index is 1.04. The summed E-state index contributed by atoms with van der Waals surface area (Å²) in [5, 5.41) is 0. The molecule has 0 aromatic heterocycles. The van der Waals surface area contributed by atoms with E-state index in [0.717, 1.165) is 19.3 Å². The quantitative estimate of drug-likeness (QED) is 0.459. The van der Waals surface area contributed by atoms with Gasteiger partial charge in [-0.2, -0.15) is 0 Å². The van der Waals surface area contributed by atoms with Crippen LogP contribution in [0.5, 0.6) is 0 Å². The summed E-state index contributed by atoms with van der Waals surface area (Å²) in [4.78, 5) is 0. The smallest absolute Gasteiger partial charge is 0.0166 e. The van der Waals surface area contributed by atoms with Gasteiger partial charge >= 0.3 is 0 Å². The summed E-state index contributed by atoms with van der Waals surface area (Å²) in [6, 6.07) is 0. The van der Waals surface area contributed by atoms with Crippen LogP contribution in [0.15, 0.2) is 42.5 Å². The number of hydrogen-bond acceptors (Lipinski definition) is 0. The Kier molecular flexibility index (Phi) is 4.19. The van der Waals surface area contributed by atoms with Gasteiger partial charge in [0.1, 0.15) is 0 Å². The Morgan fingerprint density at radius 3 is 2.82 bits per heavy atom. The van der Waals surface area contributed by atoms with Gasteiger partial charge in [-0.15, -0.1) is 0 Å². The summed E-state index contributed by atoms with van der Waals surface area (Å²) in [6.07, 6.45) is 21.0. The summed E-state index contributed by atoms with van der Waals surface area (Å²) in [5.41, 5.74) is 0. The third-order valence-electron chi connectivity index (χ3n) is 1.48. The number of allylic oxidation sites excluding steroid dienone is 8. The van der Waals surface area contributed by atoms with Gasteiger partial charge in [-0.3, -0.25) is 0 Å². The zero-order chi connectivity index (χ0) is 7.78. The fraction of sp³-hybridized carbons (Fsp3) is 0.273. The number of rotatable bonds is 0. The van der Waals surface area contributed by atoms with Gasteiger partial charge in [0.2, 0.25) is 0 Å². The van der Waals surface area contributed by atoms with Crippen LogP contribution in [-0.2, 0) is 0 Å². The Balaban J connectivity index is 2.47. The Morgan fingerprint density at radius 2 is 1.82 bits per heavy atom. The van der Waals surface area contributed by atoms with Gasteiger partial charge in [-0.05, 0) is 25.3 Å². The zero-order valence-electron chi connectivity index (χ0n) is 6.66. The van der Waals surface area contributed by atoms with Crippen molar-refractivity contribution < 1.29 is 0 Å². The summed E-state index contributed by atoms with van der Waals surface area (Å²) < 4.78 is 0. The first-order chi connectivity index (χ1) is 5.50. The average Bonchev–Trinajstić information content (AvgIpc) is 2.08. The molecule has 1 aliphatic carbocycles. The normalized spacial score (nSPS) is 29.8. The molecule has 0 unspecified atom stereocenters. The second-order valence-corrected chi connectivity index (χ2v) is 2.45. The maximum Gasteiger partial charge on any atom is -0.0166 e. The molecular weight excluding hydrogens is 132 g/mol. The molecule has 0 atom stereocenters. The first-order valence-electron chi connectivity index (χ1n) is 4.04. The van der Waals surface area contributed by atoms with Crippen molar-refractivity contribution in [3.8, 4) is 0 Å². The van der Waals surface area contributed by atoms with Crippen molar-refractivity contribution in [1.82, 2.24) is 0 Å². The monoisotopic (exact) mass is 145 g/mol. The first-order valence-corrected chi connectivity index (χ1v) is 4.04. The molecule has 0 N–H and O–H groups in total. The fourth-order valence-corrected chi connectivity index (χ4v) is 0.894. The standard InChI is InChI=1S/C11H13/c1-2-4-6-8-10-11-9-7-5-3-1/h1-3,6-9H,4,10-11H2/b2-1+,5-3?,8-6-,9-7-. The van der Waals surface area contributed by atoms with Crippen LogP contribution >= 0.6 is 0 Å². The average molecular weight is 145 g/mol. The second kappa shape index (κ2) is 5.72. The highest BCUT2D eigenvalue weighted by Crippen LogP contribution is 1.97. The maximum absolute atomic E-state index is 3.06. The highest BCUT2D eigenvalue weighted by atomic mass is 13.8. The van der Waals surface area contributed by atoms with E-state index in [2.05, 4.69) is 30.4 Å². The van der Waals surface area contributed by atoms with Gasteiger partial charge in [-0.1, -0.05) is 42.5 Å². The van der Waals surface area contributed by atoms with Crippen LogP contribution in [0.25, 0.3) is 0 Å². The minimum Gasteiger partial charge on any atom is -0.0879 e. The molecule has 0 aromatic carbocycles. The van der Waals surface area contributed by atoms with Gasteiger partial charge < -0.3 is 0 Å². The molecule has 57 valence electrons. The van der Waals surface area contributed by atoms with E-state index in [4.69, 9.17) is 0 Å². The van der Waals surface area contributed by atoms with Crippen molar-refractivity contribution in [3.05, 3.63) is 48.6 Å². The molecule has 0 bridgehead atoms. The molecule has 0 saturated carbocycles. The van der Waals surface area contributed by atoms with Crippen molar-refractivity contribution in [1.29, 1.82) is 0 Å². The molecular formula is C11H13. The summed E-state index contributed by atoms with van der Waals surface area (Å²) >= 11 is 0. The molecule has 1 rings (SSSR count). The SMILES string of the molecule is [C]1=C\C=C\C/C=C\CC\C=C/1. The molecule has 0 aromatic rings. The van der Waals surface area contributed by atoms with Crippen LogP contribution in [-0.4, -0.2) is 0 Å². The third kappa shape index (κ3) is 4.38. The van der Waals surface area contributed by atoms with Crippen molar-refractivity contribution in [2.45, 2.75) is 19.3 Å². The van der Waals surface area contributed by atoms with Crippen molar-refractivity contribution >= 4 is 0 Å². The van der Waals surface area contributed by atoms with E-state index in [9.17, 15) is 0 Å². The fourth-order valence-electron chi connectivity index (χ4n) is 0.894. The van der Waals surface area contributed by atoms with E-state index in [1.54, 1.807) is 0 Å². The van der Waals surface area contributed by atoms with Crippen LogP contribution in [0.2, 0.25) is 0 Å². The van der Waals surface area contributed by atoms with E-state index in [-0.39, 0.29) is 0 Å². The molecule has 0 spiro atoms. The lowest BCUT2D eigenvalue weighted by Gasteiger charge is -1.83. The molecule has 0 heteroatoms. The van der Waals surface area contributed by atoms with Crippen LogP contribution in [0.3, 0.4) is 0 Å². The molecule has 0 fully saturated rings. The zero-order valence-corrected chi connectivity index (χ0v) is 6.66. The summed E-state index contributed by atoms with van der Waals surface area (Å²) in [6.45, 7) is 0. The van der Waals surface area contributed by atoms with Crippen LogP contribution in [0.1, 0.15) is 19.3 Å². The summed E-state index contributed by atoms with van der Waals surface area (Å²) in [5.74, 6) is 0. The van der Waals surface area contributed by atoms with Crippen molar-refractivity contribution in [2.24, 2.45) is 0 Å². The van der Waals surface area contributed by atoms with Gasteiger partial charge in [0.15, 0.2) is 0 Å². The van der Waals surface area contributed by atoms with E-state index in [1.807, 2.05) is 18.2 Å². The molecule has 0 amide bonds. The van der Waals surface area contributed by atoms with Crippen LogP contribution in [0, 0.1) is 6.08 Å². The molecule has 0 aliphatic heterocycles. The minimum atomic E-state index is 1.04. The van der Waals surface area contributed by atoms with Gasteiger partial charge in [0, 0.05) is 0 Å². The van der Waals surface area contributed by atoms with E-state index in [0.29, 0.717) is 0 Å². The lowest BCUT2D eigenvalue weighted by Crippen LogP contribution is -1.63. The largest absolute Gasteiger partial charge is 0.0879 e. The van der Waals surface area contributed by atoms with Gasteiger partial charge in [0.25, 0.3) is 0 Å². The Morgan fingerprint density at radius 1 is 0.909 bits per heavy atom. The lowest BCUT2D eigenvalue weighted by molar-refractivity contribution is 1.04. The molecule has 1 aliphatic rings. The molecule has 11 heavy (non-hydrogen) atoms. The van der Waals surface area contributed by atoms with E-state index >= 15 is 0 Å². The predicted octanol–water partition coefficient (Wildman–Crippen LogP) is 3.20. The predicted molar refractivity (Wildman–Crippen MR) is 49.1 cm³/mol. The van der Waals surface area contributed by atoms with Crippen LogP contribution in [0.4, 0.5) is 0 Å². The third-order valence-corrected chi connectivity index (χ3v) is 1.48. The molecule has 0 nitrogen and oxygen atoms in total. The molecule has 1 radical (unpaired) electrons. The van der Waals surface area contributed by atoms with Crippen molar-refractivity contribution in [2.75, 3.05) is 0 Å². The Bertz CT molecular complexity index is 192. The van der Waals surface area contributed by atoms with Gasteiger partial charge in [-0.25, -0.2) is 0 Å². The highest BCUT2D eigenvalue weighted by molar-refractivity contribution is 5.08. The Labute approximate surface area is 68.6 Å². The molecule has 0 saturated heterocycles. The van der Waals surface area contributed by atoms with E-state index < -0.39 is 0 Å².